The number of nitriles is 1. The molecule has 0 fully saturated rings. The van der Waals surface area contributed by atoms with Gasteiger partial charge in [0.25, 0.3) is 0 Å². The van der Waals surface area contributed by atoms with Gasteiger partial charge in [0.1, 0.15) is 0 Å². The van der Waals surface area contributed by atoms with Gasteiger partial charge < -0.3 is 9.84 Å². The first kappa shape index (κ1) is 25.2. The van der Waals surface area contributed by atoms with E-state index in [2.05, 4.69) is 62.6 Å². The minimum Gasteiger partial charge on any atom is -0.376 e. The molecule has 3 aromatic rings. The average Bonchev–Trinajstić information content (AvgIpc) is 2.81. The summed E-state index contributed by atoms with van der Waals surface area (Å²) in [6, 6.07) is 25.7. The van der Waals surface area contributed by atoms with Gasteiger partial charge in [0.15, 0.2) is 0 Å². The van der Waals surface area contributed by atoms with E-state index in [1.54, 1.807) is 12.1 Å². The highest BCUT2D eigenvalue weighted by Crippen LogP contribution is 2.29. The van der Waals surface area contributed by atoms with Gasteiger partial charge in [-0.2, -0.15) is 5.26 Å². The molecule has 0 aliphatic rings. The second kappa shape index (κ2) is 13.3. The fraction of sp³-hybridized carbons (Fsp3) is 0.208. The molecule has 32 heavy (non-hydrogen) atoms. The Kier molecular flexibility index (Phi) is 10.5. The monoisotopic (exact) mass is 597 g/mol. The molecular weight excluding hydrogens is 575 g/mol. The Labute approximate surface area is 214 Å². The Morgan fingerprint density at radius 3 is 2.47 bits per heavy atom. The third-order valence-electron chi connectivity index (χ3n) is 4.95. The van der Waals surface area contributed by atoms with Gasteiger partial charge in [-0.3, -0.25) is 4.90 Å². The highest BCUT2D eigenvalue weighted by Gasteiger charge is 2.18. The summed E-state index contributed by atoms with van der Waals surface area (Å²) in [6.45, 7) is 3.45. The SMILES string of the molecule is N#Cc1ccc(NC(CN(CCOPI)Cc2ccccc2)c2ccc(Cl)cc2)c(Cl)c1. The van der Waals surface area contributed by atoms with Crippen LogP contribution in [0.4, 0.5) is 5.69 Å². The van der Waals surface area contributed by atoms with Crippen LogP contribution in [0.15, 0.2) is 72.8 Å². The molecule has 0 saturated carbocycles. The Bertz CT molecular complexity index is 1030. The Balaban J connectivity index is 1.85. The summed E-state index contributed by atoms with van der Waals surface area (Å²) in [6.07, 6.45) is 0. The van der Waals surface area contributed by atoms with Gasteiger partial charge in [-0.15, -0.1) is 0 Å². The van der Waals surface area contributed by atoms with Crippen molar-refractivity contribution in [3.05, 3.63) is 99.5 Å². The second-order valence-corrected chi connectivity index (χ2v) is 9.81. The van der Waals surface area contributed by atoms with E-state index in [0.29, 0.717) is 28.7 Å². The molecule has 0 aliphatic carbocycles. The standard InChI is InChI=1S/C24H23Cl2IN3OP/c25-21-9-7-20(8-10-21)24(29-23-11-6-19(15-28)14-22(23)26)17-30(12-13-31-32-27)16-18-4-2-1-3-5-18/h1-11,14,24,29,32H,12-13,16-17H2. The number of halogens is 3. The maximum absolute atomic E-state index is 9.14. The van der Waals surface area contributed by atoms with E-state index in [1.807, 2.05) is 36.4 Å². The minimum atomic E-state index is -0.0385. The summed E-state index contributed by atoms with van der Waals surface area (Å²) in [5.74, 6) is 0. The largest absolute Gasteiger partial charge is 0.376 e. The fourth-order valence-electron chi connectivity index (χ4n) is 3.37. The third kappa shape index (κ3) is 7.88. The molecule has 0 aliphatic heterocycles. The molecule has 0 bridgehead atoms. The number of anilines is 1. The maximum atomic E-state index is 9.14. The number of hydrogen-bond acceptors (Lipinski definition) is 4. The summed E-state index contributed by atoms with van der Waals surface area (Å²) >= 11 is 14.8. The van der Waals surface area contributed by atoms with E-state index in [0.717, 1.165) is 30.9 Å². The van der Waals surface area contributed by atoms with Crippen molar-refractivity contribution in [2.75, 3.05) is 25.0 Å². The normalized spacial score (nSPS) is 12.2. The summed E-state index contributed by atoms with van der Waals surface area (Å²) in [5.41, 5.74) is 3.67. The number of hydrogen-bond donors (Lipinski definition) is 1. The van der Waals surface area contributed by atoms with Gasteiger partial charge in [-0.25, -0.2) is 0 Å². The zero-order valence-corrected chi connectivity index (χ0v) is 21.9. The van der Waals surface area contributed by atoms with Crippen molar-refractivity contribution in [3.8, 4) is 6.07 Å². The van der Waals surface area contributed by atoms with Crippen LogP contribution in [0.5, 0.6) is 0 Å². The van der Waals surface area contributed by atoms with Gasteiger partial charge in [0, 0.05) is 24.7 Å². The van der Waals surface area contributed by atoms with Crippen LogP contribution in [-0.4, -0.2) is 24.6 Å². The molecule has 4 nitrogen and oxygen atoms in total. The van der Waals surface area contributed by atoms with Crippen LogP contribution in [0.2, 0.25) is 10.0 Å². The highest BCUT2D eigenvalue weighted by molar-refractivity contribution is 14.2. The number of nitrogens with zero attached hydrogens (tertiary/aromatic N) is 2. The number of nitrogens with one attached hydrogen (secondary N) is 1. The molecular formula is C24H23Cl2IN3OP. The van der Waals surface area contributed by atoms with E-state index in [-0.39, 0.29) is 6.04 Å². The first-order chi connectivity index (χ1) is 15.6. The van der Waals surface area contributed by atoms with Crippen LogP contribution >= 0.6 is 51.7 Å². The summed E-state index contributed by atoms with van der Waals surface area (Å²) in [5, 5.41) is 13.9. The second-order valence-electron chi connectivity index (χ2n) is 7.20. The van der Waals surface area contributed by atoms with Gasteiger partial charge in [0.05, 0.1) is 41.4 Å². The van der Waals surface area contributed by atoms with Crippen LogP contribution in [0.1, 0.15) is 22.7 Å². The van der Waals surface area contributed by atoms with Gasteiger partial charge in [-0.05, 0) is 63.5 Å². The van der Waals surface area contributed by atoms with E-state index in [9.17, 15) is 0 Å². The molecule has 2 atom stereocenters. The van der Waals surface area contributed by atoms with Crippen molar-refractivity contribution < 1.29 is 4.52 Å². The lowest BCUT2D eigenvalue weighted by molar-refractivity contribution is 0.210. The van der Waals surface area contributed by atoms with Crippen molar-refractivity contribution in [2.24, 2.45) is 0 Å². The van der Waals surface area contributed by atoms with E-state index < -0.39 is 0 Å². The molecule has 8 heteroatoms. The van der Waals surface area contributed by atoms with E-state index >= 15 is 0 Å². The predicted octanol–water partition coefficient (Wildman–Crippen LogP) is 7.48. The van der Waals surface area contributed by atoms with Crippen molar-refractivity contribution in [3.63, 3.8) is 0 Å². The van der Waals surface area contributed by atoms with Crippen molar-refractivity contribution in [2.45, 2.75) is 12.6 Å². The number of rotatable bonds is 11. The van der Waals surface area contributed by atoms with Crippen molar-refractivity contribution in [1.29, 1.82) is 5.26 Å². The zero-order valence-electron chi connectivity index (χ0n) is 17.3. The summed E-state index contributed by atoms with van der Waals surface area (Å²) in [7, 11) is 0. The number of benzene rings is 3. The van der Waals surface area contributed by atoms with Crippen LogP contribution in [0.3, 0.4) is 0 Å². The van der Waals surface area contributed by atoms with E-state index in [4.69, 9.17) is 33.0 Å². The average molecular weight is 598 g/mol. The molecule has 0 spiro atoms. The lowest BCUT2D eigenvalue weighted by atomic mass is 10.0. The lowest BCUT2D eigenvalue weighted by Gasteiger charge is -2.29. The Morgan fingerprint density at radius 2 is 1.81 bits per heavy atom. The quantitative estimate of drug-likeness (QED) is 0.141. The topological polar surface area (TPSA) is 48.3 Å². The third-order valence-corrected chi connectivity index (χ3v) is 6.77. The van der Waals surface area contributed by atoms with Crippen molar-refractivity contribution >= 4 is 57.4 Å². The molecule has 0 heterocycles. The fourth-order valence-corrected chi connectivity index (χ4v) is 4.56. The first-order valence-corrected chi connectivity index (χ1v) is 14.8. The molecule has 0 amide bonds. The molecule has 2 unspecified atom stereocenters. The summed E-state index contributed by atoms with van der Waals surface area (Å²) in [4.78, 5) is 2.37. The highest BCUT2D eigenvalue weighted by atomic mass is 127. The van der Waals surface area contributed by atoms with Crippen LogP contribution in [-0.2, 0) is 11.1 Å². The van der Waals surface area contributed by atoms with Crippen molar-refractivity contribution in [1.82, 2.24) is 4.90 Å². The Hall–Kier alpha value is -1.39. The minimum absolute atomic E-state index is 0.0385. The van der Waals surface area contributed by atoms with Gasteiger partial charge in [-0.1, -0.05) is 65.7 Å². The summed E-state index contributed by atoms with van der Waals surface area (Å²) < 4.78 is 5.65. The molecule has 166 valence electrons. The molecule has 1 N–H and O–H groups in total. The first-order valence-electron chi connectivity index (χ1n) is 10.0. The van der Waals surface area contributed by atoms with Crippen LogP contribution in [0, 0.1) is 11.3 Å². The lowest BCUT2D eigenvalue weighted by Crippen LogP contribution is -2.33. The molecule has 3 aromatic carbocycles. The zero-order chi connectivity index (χ0) is 22.8. The molecule has 0 aromatic heterocycles. The molecule has 0 radical (unpaired) electrons. The smallest absolute Gasteiger partial charge is 0.0992 e. The van der Waals surface area contributed by atoms with Gasteiger partial charge >= 0.3 is 0 Å². The van der Waals surface area contributed by atoms with Crippen LogP contribution in [0.25, 0.3) is 0 Å². The Morgan fingerprint density at radius 1 is 1.06 bits per heavy atom. The predicted molar refractivity (Wildman–Crippen MR) is 144 cm³/mol. The van der Waals surface area contributed by atoms with Gasteiger partial charge in [0.2, 0.25) is 0 Å². The molecule has 0 saturated heterocycles. The molecule has 3 rings (SSSR count). The maximum Gasteiger partial charge on any atom is 0.0992 e. The van der Waals surface area contributed by atoms with Crippen LogP contribution < -0.4 is 5.32 Å². The van der Waals surface area contributed by atoms with E-state index in [1.165, 1.54) is 5.56 Å².